The van der Waals surface area contributed by atoms with Gasteiger partial charge in [0, 0.05) is 13.0 Å². The average Bonchev–Trinajstić information content (AvgIpc) is 3.28. The standard InChI is InChI=1S/C23H28N2O4/c26-21(25-29)14-13-17-7-6-8-18(15-17)16-24-23(22(27)28,20-11-4-5-12-20)19-9-2-1-3-10-19/h1-3,6-10,15,20,24,29H,4-5,11-14,16H2,(H,25,26)(H,27,28)/t23-/m1/s1. The van der Waals surface area contributed by atoms with Gasteiger partial charge in [-0.3, -0.25) is 15.3 Å². The van der Waals surface area contributed by atoms with Gasteiger partial charge in [-0.2, -0.15) is 0 Å². The molecule has 0 unspecified atom stereocenters. The Morgan fingerprint density at radius 2 is 1.69 bits per heavy atom. The number of carbonyl (C=O) groups excluding carboxylic acids is 1. The molecule has 0 heterocycles. The van der Waals surface area contributed by atoms with Crippen molar-refractivity contribution in [1.82, 2.24) is 10.8 Å². The molecule has 6 heteroatoms. The second-order valence-corrected chi connectivity index (χ2v) is 7.67. The Bertz CT molecular complexity index is 834. The maximum absolute atomic E-state index is 12.6. The van der Waals surface area contributed by atoms with Crippen LogP contribution in [0.5, 0.6) is 0 Å². The lowest BCUT2D eigenvalue weighted by molar-refractivity contribution is -0.148. The minimum Gasteiger partial charge on any atom is -0.480 e. The fraction of sp³-hybridized carbons (Fsp3) is 0.391. The molecule has 0 radical (unpaired) electrons. The average molecular weight is 396 g/mol. The highest BCUT2D eigenvalue weighted by Gasteiger charge is 2.47. The van der Waals surface area contributed by atoms with E-state index < -0.39 is 17.4 Å². The van der Waals surface area contributed by atoms with Gasteiger partial charge in [0.2, 0.25) is 5.91 Å². The molecule has 4 N–H and O–H groups in total. The van der Waals surface area contributed by atoms with Crippen LogP contribution in [0.15, 0.2) is 54.6 Å². The second kappa shape index (κ2) is 9.67. The number of carboxylic acid groups (broad SMARTS) is 1. The Kier molecular flexibility index (Phi) is 7.01. The molecule has 0 aliphatic heterocycles. The minimum absolute atomic E-state index is 0.0406. The van der Waals surface area contributed by atoms with Gasteiger partial charge < -0.3 is 5.11 Å². The van der Waals surface area contributed by atoms with Crippen LogP contribution in [0, 0.1) is 5.92 Å². The van der Waals surface area contributed by atoms with Crippen LogP contribution < -0.4 is 10.8 Å². The van der Waals surface area contributed by atoms with Crippen molar-refractivity contribution < 1.29 is 19.9 Å². The van der Waals surface area contributed by atoms with Crippen molar-refractivity contribution in [1.29, 1.82) is 0 Å². The number of hydrogen-bond acceptors (Lipinski definition) is 4. The van der Waals surface area contributed by atoms with Gasteiger partial charge in [0.15, 0.2) is 0 Å². The highest BCUT2D eigenvalue weighted by Crippen LogP contribution is 2.41. The van der Waals surface area contributed by atoms with Gasteiger partial charge in [-0.1, -0.05) is 67.4 Å². The summed E-state index contributed by atoms with van der Waals surface area (Å²) in [5, 5.41) is 22.3. The first-order chi connectivity index (χ1) is 14.1. The normalized spacial score (nSPS) is 16.3. The third-order valence-electron chi connectivity index (χ3n) is 5.86. The van der Waals surface area contributed by atoms with E-state index in [1.807, 2.05) is 54.6 Å². The SMILES string of the molecule is O=C(CCc1cccc(CN[C@](C(=O)O)(c2ccccc2)C2CCCC2)c1)NO. The summed E-state index contributed by atoms with van der Waals surface area (Å²) in [5.74, 6) is -1.23. The summed E-state index contributed by atoms with van der Waals surface area (Å²) >= 11 is 0. The Labute approximate surface area is 170 Å². The van der Waals surface area contributed by atoms with Crippen molar-refractivity contribution in [2.75, 3.05) is 0 Å². The minimum atomic E-state index is -1.12. The van der Waals surface area contributed by atoms with Crippen molar-refractivity contribution in [3.8, 4) is 0 Å². The van der Waals surface area contributed by atoms with Crippen LogP contribution in [0.25, 0.3) is 0 Å². The van der Waals surface area contributed by atoms with E-state index in [1.54, 1.807) is 5.48 Å². The second-order valence-electron chi connectivity index (χ2n) is 7.67. The van der Waals surface area contributed by atoms with Crippen molar-refractivity contribution >= 4 is 11.9 Å². The number of carboxylic acids is 1. The van der Waals surface area contributed by atoms with Crippen LogP contribution in [-0.2, 0) is 28.1 Å². The highest BCUT2D eigenvalue weighted by molar-refractivity contribution is 5.81. The first kappa shape index (κ1) is 21.0. The molecule has 154 valence electrons. The summed E-state index contributed by atoms with van der Waals surface area (Å²) < 4.78 is 0. The zero-order valence-electron chi connectivity index (χ0n) is 16.4. The molecular formula is C23H28N2O4. The number of nitrogens with one attached hydrogen (secondary N) is 2. The molecule has 2 aromatic rings. The maximum Gasteiger partial charge on any atom is 0.328 e. The number of benzene rings is 2. The molecule has 1 amide bonds. The van der Waals surface area contributed by atoms with Crippen LogP contribution in [0.1, 0.15) is 48.8 Å². The summed E-state index contributed by atoms with van der Waals surface area (Å²) in [6.45, 7) is 0.414. The van der Waals surface area contributed by atoms with Crippen molar-refractivity contribution in [2.45, 2.75) is 50.6 Å². The fourth-order valence-corrected chi connectivity index (χ4v) is 4.37. The summed E-state index contributed by atoms with van der Waals surface area (Å²) in [7, 11) is 0. The molecule has 0 saturated heterocycles. The molecule has 0 bridgehead atoms. The molecule has 1 aliphatic rings. The molecule has 1 aliphatic carbocycles. The van der Waals surface area contributed by atoms with Gasteiger partial charge in [0.25, 0.3) is 0 Å². The third kappa shape index (κ3) is 4.83. The van der Waals surface area contributed by atoms with E-state index >= 15 is 0 Å². The number of rotatable bonds is 9. The van der Waals surface area contributed by atoms with Gasteiger partial charge in [-0.15, -0.1) is 0 Å². The summed E-state index contributed by atoms with van der Waals surface area (Å²) in [5.41, 5.74) is 3.24. The lowest BCUT2D eigenvalue weighted by Gasteiger charge is -2.37. The van der Waals surface area contributed by atoms with E-state index in [2.05, 4.69) is 5.32 Å². The molecule has 6 nitrogen and oxygen atoms in total. The van der Waals surface area contributed by atoms with Crippen LogP contribution in [-0.4, -0.2) is 22.2 Å². The van der Waals surface area contributed by atoms with Gasteiger partial charge in [0.1, 0.15) is 5.54 Å². The van der Waals surface area contributed by atoms with Crippen molar-refractivity contribution in [2.24, 2.45) is 5.92 Å². The largest absolute Gasteiger partial charge is 0.480 e. The molecule has 3 rings (SSSR count). The zero-order chi connectivity index (χ0) is 20.7. The predicted molar refractivity (Wildman–Crippen MR) is 109 cm³/mol. The quantitative estimate of drug-likeness (QED) is 0.385. The predicted octanol–water partition coefficient (Wildman–Crippen LogP) is 3.38. The Morgan fingerprint density at radius 1 is 1.00 bits per heavy atom. The van der Waals surface area contributed by atoms with Gasteiger partial charge in [0.05, 0.1) is 0 Å². The van der Waals surface area contributed by atoms with E-state index in [0.717, 1.165) is 42.4 Å². The number of amides is 1. The number of carbonyl (C=O) groups is 2. The fourth-order valence-electron chi connectivity index (χ4n) is 4.37. The smallest absolute Gasteiger partial charge is 0.328 e. The Hall–Kier alpha value is -2.70. The molecule has 1 saturated carbocycles. The van der Waals surface area contributed by atoms with E-state index in [-0.39, 0.29) is 12.3 Å². The first-order valence-corrected chi connectivity index (χ1v) is 10.1. The number of aliphatic carboxylic acids is 1. The molecule has 29 heavy (non-hydrogen) atoms. The van der Waals surface area contributed by atoms with E-state index in [0.29, 0.717) is 13.0 Å². The van der Waals surface area contributed by atoms with Crippen molar-refractivity contribution in [3.05, 3.63) is 71.3 Å². The maximum atomic E-state index is 12.6. The van der Waals surface area contributed by atoms with Crippen LogP contribution in [0.3, 0.4) is 0 Å². The molecule has 1 atom stereocenters. The van der Waals surface area contributed by atoms with Crippen LogP contribution >= 0.6 is 0 Å². The summed E-state index contributed by atoms with van der Waals surface area (Å²) in [6, 6.07) is 17.2. The van der Waals surface area contributed by atoms with Gasteiger partial charge in [-0.05, 0) is 41.9 Å². The van der Waals surface area contributed by atoms with Crippen LogP contribution in [0.4, 0.5) is 0 Å². The summed E-state index contributed by atoms with van der Waals surface area (Å²) in [4.78, 5) is 23.8. The highest BCUT2D eigenvalue weighted by atomic mass is 16.5. The first-order valence-electron chi connectivity index (χ1n) is 10.1. The Balaban J connectivity index is 1.82. The molecule has 0 aromatic heterocycles. The molecule has 1 fully saturated rings. The van der Waals surface area contributed by atoms with Gasteiger partial charge in [-0.25, -0.2) is 10.3 Å². The van der Waals surface area contributed by atoms with E-state index in [4.69, 9.17) is 5.21 Å². The lowest BCUT2D eigenvalue weighted by atomic mass is 9.76. The number of hydrogen-bond donors (Lipinski definition) is 4. The number of aryl methyl sites for hydroxylation is 1. The van der Waals surface area contributed by atoms with E-state index in [9.17, 15) is 14.7 Å². The number of hydroxylamine groups is 1. The molecule has 2 aromatic carbocycles. The van der Waals surface area contributed by atoms with E-state index in [1.165, 1.54) is 0 Å². The van der Waals surface area contributed by atoms with Crippen molar-refractivity contribution in [3.63, 3.8) is 0 Å². The lowest BCUT2D eigenvalue weighted by Crippen LogP contribution is -2.53. The molecule has 0 spiro atoms. The van der Waals surface area contributed by atoms with Crippen LogP contribution in [0.2, 0.25) is 0 Å². The van der Waals surface area contributed by atoms with Gasteiger partial charge >= 0.3 is 5.97 Å². The summed E-state index contributed by atoms with van der Waals surface area (Å²) in [6.07, 6.45) is 4.59. The zero-order valence-corrected chi connectivity index (χ0v) is 16.4. The topological polar surface area (TPSA) is 98.7 Å². The molecular weight excluding hydrogens is 368 g/mol. The third-order valence-corrected chi connectivity index (χ3v) is 5.86. The monoisotopic (exact) mass is 396 g/mol. The Morgan fingerprint density at radius 3 is 2.34 bits per heavy atom.